The van der Waals surface area contributed by atoms with E-state index >= 15 is 0 Å². The maximum Gasteiger partial charge on any atom is 0.191 e. The lowest BCUT2D eigenvalue weighted by Gasteiger charge is -2.12. The fourth-order valence-corrected chi connectivity index (χ4v) is 2.12. The van der Waals surface area contributed by atoms with Crippen LogP contribution in [0.25, 0.3) is 0 Å². The number of aryl methyl sites for hydroxylation is 1. The molecule has 110 valence electrons. The van der Waals surface area contributed by atoms with E-state index in [1.807, 2.05) is 0 Å². The standard InChI is InChI=1S/C13H24N4S.HI/c1-5-12-17-11(9-18-12)8-16-13(14-6-2)15-7-10(3)4;/h9-10H,5-8H2,1-4H3,(H2,14,15,16);1H. The van der Waals surface area contributed by atoms with Crippen molar-refractivity contribution in [1.82, 2.24) is 15.6 Å². The second-order valence-corrected chi connectivity index (χ2v) is 5.50. The molecule has 19 heavy (non-hydrogen) atoms. The van der Waals surface area contributed by atoms with Crippen LogP contribution in [0.1, 0.15) is 38.4 Å². The normalized spacial score (nSPS) is 11.3. The van der Waals surface area contributed by atoms with Gasteiger partial charge in [0.1, 0.15) is 0 Å². The molecular formula is C13H25IN4S. The number of hydrogen-bond acceptors (Lipinski definition) is 3. The number of thiazole rings is 1. The summed E-state index contributed by atoms with van der Waals surface area (Å²) in [6.07, 6.45) is 1.00. The minimum Gasteiger partial charge on any atom is -0.357 e. The molecular weight excluding hydrogens is 371 g/mol. The van der Waals surface area contributed by atoms with Crippen molar-refractivity contribution >= 4 is 41.3 Å². The van der Waals surface area contributed by atoms with E-state index in [1.165, 1.54) is 5.01 Å². The molecule has 0 unspecified atom stereocenters. The third-order valence-electron chi connectivity index (χ3n) is 2.32. The molecule has 0 saturated heterocycles. The Morgan fingerprint density at radius 1 is 1.37 bits per heavy atom. The van der Waals surface area contributed by atoms with Crippen molar-refractivity contribution in [2.24, 2.45) is 10.9 Å². The summed E-state index contributed by atoms with van der Waals surface area (Å²) in [5.74, 6) is 1.48. The van der Waals surface area contributed by atoms with Crippen LogP contribution in [0.5, 0.6) is 0 Å². The Morgan fingerprint density at radius 2 is 2.11 bits per heavy atom. The highest BCUT2D eigenvalue weighted by atomic mass is 127. The van der Waals surface area contributed by atoms with E-state index < -0.39 is 0 Å². The molecule has 0 spiro atoms. The van der Waals surface area contributed by atoms with Crippen LogP contribution in [0.2, 0.25) is 0 Å². The first-order valence-electron chi connectivity index (χ1n) is 6.61. The van der Waals surface area contributed by atoms with Crippen molar-refractivity contribution in [2.75, 3.05) is 13.1 Å². The van der Waals surface area contributed by atoms with Crippen molar-refractivity contribution in [1.29, 1.82) is 0 Å². The average molecular weight is 396 g/mol. The van der Waals surface area contributed by atoms with Crippen molar-refractivity contribution in [3.05, 3.63) is 16.1 Å². The summed E-state index contributed by atoms with van der Waals surface area (Å²) >= 11 is 1.71. The van der Waals surface area contributed by atoms with E-state index in [-0.39, 0.29) is 24.0 Å². The lowest BCUT2D eigenvalue weighted by Crippen LogP contribution is -2.39. The fourth-order valence-electron chi connectivity index (χ4n) is 1.39. The molecule has 0 amide bonds. The zero-order chi connectivity index (χ0) is 13.4. The number of guanidine groups is 1. The van der Waals surface area contributed by atoms with Gasteiger partial charge in [-0.2, -0.15) is 0 Å². The molecule has 0 aromatic carbocycles. The topological polar surface area (TPSA) is 49.3 Å². The molecule has 4 nitrogen and oxygen atoms in total. The first kappa shape index (κ1) is 18.6. The molecule has 6 heteroatoms. The zero-order valence-electron chi connectivity index (χ0n) is 12.2. The second-order valence-electron chi connectivity index (χ2n) is 4.56. The smallest absolute Gasteiger partial charge is 0.191 e. The number of hydrogen-bond donors (Lipinski definition) is 2. The van der Waals surface area contributed by atoms with Gasteiger partial charge in [0.2, 0.25) is 0 Å². The largest absolute Gasteiger partial charge is 0.357 e. The molecule has 0 aliphatic carbocycles. The minimum atomic E-state index is 0. The van der Waals surface area contributed by atoms with E-state index in [4.69, 9.17) is 0 Å². The molecule has 2 N–H and O–H groups in total. The zero-order valence-corrected chi connectivity index (χ0v) is 15.3. The van der Waals surface area contributed by atoms with Crippen LogP contribution in [0.3, 0.4) is 0 Å². The van der Waals surface area contributed by atoms with Gasteiger partial charge in [0.05, 0.1) is 17.2 Å². The molecule has 0 bridgehead atoms. The second kappa shape index (κ2) is 10.4. The van der Waals surface area contributed by atoms with Gasteiger partial charge in [-0.3, -0.25) is 0 Å². The van der Waals surface area contributed by atoms with Crippen LogP contribution in [-0.2, 0) is 13.0 Å². The van der Waals surface area contributed by atoms with Gasteiger partial charge >= 0.3 is 0 Å². The van der Waals surface area contributed by atoms with Gasteiger partial charge in [0.15, 0.2) is 5.96 Å². The highest BCUT2D eigenvalue weighted by molar-refractivity contribution is 14.0. The van der Waals surface area contributed by atoms with Crippen LogP contribution >= 0.6 is 35.3 Å². The molecule has 0 aliphatic heterocycles. The van der Waals surface area contributed by atoms with Gasteiger partial charge in [0, 0.05) is 18.5 Å². The van der Waals surface area contributed by atoms with E-state index in [0.29, 0.717) is 12.5 Å². The minimum absolute atomic E-state index is 0. The van der Waals surface area contributed by atoms with Crippen LogP contribution in [-0.4, -0.2) is 24.0 Å². The summed E-state index contributed by atoms with van der Waals surface area (Å²) in [5, 5.41) is 9.84. The third kappa shape index (κ3) is 7.71. The number of nitrogens with zero attached hydrogens (tertiary/aromatic N) is 2. The summed E-state index contributed by atoms with van der Waals surface area (Å²) in [7, 11) is 0. The van der Waals surface area contributed by atoms with Crippen LogP contribution < -0.4 is 10.6 Å². The van der Waals surface area contributed by atoms with E-state index in [1.54, 1.807) is 11.3 Å². The number of halogens is 1. The Balaban J connectivity index is 0.00000324. The maximum atomic E-state index is 4.54. The predicted molar refractivity (Wildman–Crippen MR) is 94.6 cm³/mol. The molecule has 1 aromatic heterocycles. The number of nitrogens with one attached hydrogen (secondary N) is 2. The number of rotatable bonds is 6. The molecule has 1 heterocycles. The Labute approximate surface area is 137 Å². The Hall–Kier alpha value is -0.370. The van der Waals surface area contributed by atoms with Crippen molar-refractivity contribution in [2.45, 2.75) is 40.7 Å². The Kier molecular flexibility index (Phi) is 10.2. The number of aliphatic imine (C=N–C) groups is 1. The van der Waals surface area contributed by atoms with E-state index in [9.17, 15) is 0 Å². The average Bonchev–Trinajstić information content (AvgIpc) is 2.80. The lowest BCUT2D eigenvalue weighted by molar-refractivity contribution is 0.614. The van der Waals surface area contributed by atoms with Crippen LogP contribution in [0, 0.1) is 5.92 Å². The monoisotopic (exact) mass is 396 g/mol. The predicted octanol–water partition coefficient (Wildman–Crippen LogP) is 3.03. The van der Waals surface area contributed by atoms with Crippen molar-refractivity contribution < 1.29 is 0 Å². The fraction of sp³-hybridized carbons (Fsp3) is 0.692. The van der Waals surface area contributed by atoms with Crippen LogP contribution in [0.4, 0.5) is 0 Å². The van der Waals surface area contributed by atoms with Gasteiger partial charge in [-0.15, -0.1) is 35.3 Å². The molecule has 0 saturated carbocycles. The quantitative estimate of drug-likeness (QED) is 0.442. The molecule has 0 fully saturated rings. The van der Waals surface area contributed by atoms with Gasteiger partial charge < -0.3 is 10.6 Å². The maximum absolute atomic E-state index is 4.54. The van der Waals surface area contributed by atoms with Crippen molar-refractivity contribution in [3.8, 4) is 0 Å². The molecule has 0 aliphatic rings. The SMILES string of the molecule is CCNC(=NCc1csc(CC)n1)NCC(C)C.I. The van der Waals surface area contributed by atoms with Crippen LogP contribution in [0.15, 0.2) is 10.4 Å². The first-order chi connectivity index (χ1) is 8.65. The summed E-state index contributed by atoms with van der Waals surface area (Å²) in [4.78, 5) is 9.05. The van der Waals surface area contributed by atoms with Crippen molar-refractivity contribution in [3.63, 3.8) is 0 Å². The molecule has 1 rings (SSSR count). The highest BCUT2D eigenvalue weighted by Gasteiger charge is 2.02. The van der Waals surface area contributed by atoms with Gasteiger partial charge in [-0.25, -0.2) is 9.98 Å². The Morgan fingerprint density at radius 3 is 2.63 bits per heavy atom. The Bertz CT molecular complexity index is 376. The molecule has 0 atom stereocenters. The summed E-state index contributed by atoms with van der Waals surface area (Å²) in [5.41, 5.74) is 1.05. The van der Waals surface area contributed by atoms with Gasteiger partial charge in [-0.1, -0.05) is 20.8 Å². The highest BCUT2D eigenvalue weighted by Crippen LogP contribution is 2.10. The summed E-state index contributed by atoms with van der Waals surface area (Å²) < 4.78 is 0. The van der Waals surface area contributed by atoms with E-state index in [2.05, 4.69) is 53.7 Å². The molecule has 1 aromatic rings. The van der Waals surface area contributed by atoms with Gasteiger partial charge in [-0.05, 0) is 19.3 Å². The lowest BCUT2D eigenvalue weighted by atomic mass is 10.2. The summed E-state index contributed by atoms with van der Waals surface area (Å²) in [6, 6.07) is 0. The summed E-state index contributed by atoms with van der Waals surface area (Å²) in [6.45, 7) is 11.0. The third-order valence-corrected chi connectivity index (χ3v) is 3.36. The molecule has 0 radical (unpaired) electrons. The number of aromatic nitrogens is 1. The van der Waals surface area contributed by atoms with Gasteiger partial charge in [0.25, 0.3) is 0 Å². The van der Waals surface area contributed by atoms with E-state index in [0.717, 1.165) is 31.2 Å². The first-order valence-corrected chi connectivity index (χ1v) is 7.49.